The van der Waals surface area contributed by atoms with Crippen molar-refractivity contribution in [1.29, 1.82) is 0 Å². The van der Waals surface area contributed by atoms with Crippen LogP contribution in [-0.2, 0) is 11.2 Å². The molecule has 25 heavy (non-hydrogen) atoms. The number of hydrogen-bond acceptors (Lipinski definition) is 5. The third kappa shape index (κ3) is 3.78. The van der Waals surface area contributed by atoms with Gasteiger partial charge >= 0.3 is 0 Å². The zero-order valence-corrected chi connectivity index (χ0v) is 15.1. The van der Waals surface area contributed by atoms with Crippen molar-refractivity contribution in [2.75, 3.05) is 18.4 Å². The molecule has 0 radical (unpaired) electrons. The van der Waals surface area contributed by atoms with Gasteiger partial charge in [-0.2, -0.15) is 0 Å². The molecular formula is C19H25N5O. The first kappa shape index (κ1) is 17.3. The molecule has 2 aromatic heterocycles. The number of rotatable bonds is 6. The average Bonchev–Trinajstić information content (AvgIpc) is 2.95. The summed E-state index contributed by atoms with van der Waals surface area (Å²) in [5.74, 6) is 1.99. The molecule has 2 atom stereocenters. The number of amides is 1. The van der Waals surface area contributed by atoms with Crippen molar-refractivity contribution in [3.63, 3.8) is 0 Å². The first-order valence-electron chi connectivity index (χ1n) is 8.90. The number of nitrogens with zero attached hydrogens (tertiary/aromatic N) is 4. The molecule has 1 saturated heterocycles. The molecule has 3 rings (SSSR count). The normalized spacial score (nSPS) is 20.1. The number of likely N-dealkylation sites (tertiary alicyclic amines) is 1. The minimum Gasteiger partial charge on any atom is -0.370 e. The number of nitrogens with one attached hydrogen (secondary N) is 1. The van der Waals surface area contributed by atoms with E-state index in [1.54, 1.807) is 6.20 Å². The maximum absolute atomic E-state index is 12.4. The van der Waals surface area contributed by atoms with Gasteiger partial charge in [0.15, 0.2) is 0 Å². The molecule has 2 aromatic rings. The predicted molar refractivity (Wildman–Crippen MR) is 97.1 cm³/mol. The van der Waals surface area contributed by atoms with E-state index in [1.807, 2.05) is 37.1 Å². The number of carbonyl (C=O) groups excluding carboxylic acids is 1. The molecule has 1 aliphatic heterocycles. The smallest absolute Gasteiger partial charge is 0.223 e. The second-order valence-electron chi connectivity index (χ2n) is 6.40. The molecule has 0 saturated carbocycles. The van der Waals surface area contributed by atoms with Gasteiger partial charge in [-0.1, -0.05) is 13.0 Å². The Morgan fingerprint density at radius 1 is 1.32 bits per heavy atom. The summed E-state index contributed by atoms with van der Waals surface area (Å²) in [7, 11) is 0. The van der Waals surface area contributed by atoms with Crippen molar-refractivity contribution in [3.05, 3.63) is 47.7 Å². The monoisotopic (exact) mass is 339 g/mol. The fraction of sp³-hybridized carbons (Fsp3) is 0.474. The van der Waals surface area contributed by atoms with Crippen molar-refractivity contribution in [2.45, 2.75) is 39.7 Å². The Hall–Kier alpha value is -2.50. The van der Waals surface area contributed by atoms with E-state index in [0.717, 1.165) is 29.3 Å². The van der Waals surface area contributed by atoms with Crippen LogP contribution in [0.2, 0.25) is 0 Å². The SMILES string of the molecule is CCc1cc(NC[C@@H]2CC(=O)N(CC)[C@H]2c2cccnc2)nc(C)n1. The van der Waals surface area contributed by atoms with Crippen LogP contribution in [0.1, 0.15) is 43.4 Å². The standard InChI is InChI=1S/C19H25N5O/c1-4-16-10-17(23-13(3)22-16)21-12-15-9-18(25)24(5-2)19(15)14-7-6-8-20-11-14/h6-8,10-11,15,19H,4-5,9,12H2,1-3H3,(H,21,22,23)/t15-,19-/m0/s1. The van der Waals surface area contributed by atoms with Crippen molar-refractivity contribution in [2.24, 2.45) is 5.92 Å². The highest BCUT2D eigenvalue weighted by Crippen LogP contribution is 2.37. The number of hydrogen-bond donors (Lipinski definition) is 1. The second-order valence-corrected chi connectivity index (χ2v) is 6.40. The molecular weight excluding hydrogens is 314 g/mol. The van der Waals surface area contributed by atoms with E-state index >= 15 is 0 Å². The lowest BCUT2D eigenvalue weighted by atomic mass is 9.94. The molecule has 1 fully saturated rings. The summed E-state index contributed by atoms with van der Waals surface area (Å²) < 4.78 is 0. The highest BCUT2D eigenvalue weighted by molar-refractivity contribution is 5.79. The zero-order valence-electron chi connectivity index (χ0n) is 15.1. The molecule has 1 aliphatic rings. The van der Waals surface area contributed by atoms with Gasteiger partial charge in [0.05, 0.1) is 6.04 Å². The van der Waals surface area contributed by atoms with Crippen molar-refractivity contribution < 1.29 is 4.79 Å². The molecule has 0 aliphatic carbocycles. The third-order valence-corrected chi connectivity index (χ3v) is 4.70. The van der Waals surface area contributed by atoms with Gasteiger partial charge in [0.25, 0.3) is 0 Å². The van der Waals surface area contributed by atoms with Crippen LogP contribution in [0, 0.1) is 12.8 Å². The number of anilines is 1. The molecule has 6 heteroatoms. The van der Waals surface area contributed by atoms with Crippen molar-refractivity contribution >= 4 is 11.7 Å². The van der Waals surface area contributed by atoms with Crippen molar-refractivity contribution in [1.82, 2.24) is 19.9 Å². The van der Waals surface area contributed by atoms with Crippen LogP contribution in [0.15, 0.2) is 30.6 Å². The van der Waals surface area contributed by atoms with E-state index in [0.29, 0.717) is 19.5 Å². The Bertz CT molecular complexity index is 734. The maximum Gasteiger partial charge on any atom is 0.223 e. The number of pyridine rings is 1. The lowest BCUT2D eigenvalue weighted by Crippen LogP contribution is -2.30. The van der Waals surface area contributed by atoms with Gasteiger partial charge in [-0.3, -0.25) is 9.78 Å². The summed E-state index contributed by atoms with van der Waals surface area (Å²) >= 11 is 0. The molecule has 3 heterocycles. The van der Waals surface area contributed by atoms with E-state index < -0.39 is 0 Å². The number of aromatic nitrogens is 3. The number of carbonyl (C=O) groups is 1. The lowest BCUT2D eigenvalue weighted by Gasteiger charge is -2.27. The van der Waals surface area contributed by atoms with Gasteiger partial charge in [-0.25, -0.2) is 9.97 Å². The summed E-state index contributed by atoms with van der Waals surface area (Å²) in [4.78, 5) is 27.5. The van der Waals surface area contributed by atoms with E-state index in [2.05, 4.69) is 33.3 Å². The van der Waals surface area contributed by atoms with Crippen LogP contribution in [0.3, 0.4) is 0 Å². The summed E-state index contributed by atoms with van der Waals surface area (Å²) in [5.41, 5.74) is 2.12. The van der Waals surface area contributed by atoms with Crippen LogP contribution in [0.5, 0.6) is 0 Å². The molecule has 1 amide bonds. The minimum absolute atomic E-state index is 0.0623. The van der Waals surface area contributed by atoms with Crippen LogP contribution in [0.25, 0.3) is 0 Å². The van der Waals surface area contributed by atoms with E-state index in [1.165, 1.54) is 0 Å². The number of aryl methyl sites for hydroxylation is 2. The molecule has 0 spiro atoms. The topological polar surface area (TPSA) is 71.0 Å². The first-order valence-corrected chi connectivity index (χ1v) is 8.90. The Morgan fingerprint density at radius 2 is 2.16 bits per heavy atom. The van der Waals surface area contributed by atoms with E-state index in [9.17, 15) is 4.79 Å². The summed E-state index contributed by atoms with van der Waals surface area (Å²) in [6.45, 7) is 7.42. The van der Waals surface area contributed by atoms with Crippen LogP contribution in [-0.4, -0.2) is 38.8 Å². The first-order chi connectivity index (χ1) is 12.1. The Labute approximate surface area is 148 Å². The predicted octanol–water partition coefficient (Wildman–Crippen LogP) is 2.76. The molecule has 0 bridgehead atoms. The second kappa shape index (κ2) is 7.59. The van der Waals surface area contributed by atoms with Crippen LogP contribution >= 0.6 is 0 Å². The van der Waals surface area contributed by atoms with Crippen molar-refractivity contribution in [3.8, 4) is 0 Å². The van der Waals surface area contributed by atoms with E-state index in [4.69, 9.17) is 0 Å². The molecule has 1 N–H and O–H groups in total. The van der Waals surface area contributed by atoms with Gasteiger partial charge in [-0.15, -0.1) is 0 Å². The Morgan fingerprint density at radius 3 is 2.84 bits per heavy atom. The highest BCUT2D eigenvalue weighted by Gasteiger charge is 2.39. The Kier molecular flexibility index (Phi) is 5.26. The fourth-order valence-electron chi connectivity index (χ4n) is 3.56. The quantitative estimate of drug-likeness (QED) is 0.876. The molecule has 0 unspecified atom stereocenters. The summed E-state index contributed by atoms with van der Waals surface area (Å²) in [5, 5.41) is 3.42. The fourth-order valence-corrected chi connectivity index (χ4v) is 3.56. The van der Waals surface area contributed by atoms with Gasteiger partial charge in [0, 0.05) is 49.6 Å². The summed E-state index contributed by atoms with van der Waals surface area (Å²) in [6, 6.07) is 6.03. The minimum atomic E-state index is 0.0623. The van der Waals surface area contributed by atoms with E-state index in [-0.39, 0.29) is 17.9 Å². The largest absolute Gasteiger partial charge is 0.370 e. The zero-order chi connectivity index (χ0) is 17.8. The molecule has 6 nitrogen and oxygen atoms in total. The van der Waals surface area contributed by atoms with Gasteiger partial charge in [-0.05, 0) is 31.9 Å². The average molecular weight is 339 g/mol. The lowest BCUT2D eigenvalue weighted by molar-refractivity contribution is -0.128. The van der Waals surface area contributed by atoms with Crippen LogP contribution in [0.4, 0.5) is 5.82 Å². The van der Waals surface area contributed by atoms with Gasteiger partial charge < -0.3 is 10.2 Å². The van der Waals surface area contributed by atoms with Gasteiger partial charge in [0.1, 0.15) is 11.6 Å². The summed E-state index contributed by atoms with van der Waals surface area (Å²) in [6.07, 6.45) is 5.05. The maximum atomic E-state index is 12.4. The molecule has 0 aromatic carbocycles. The molecule has 132 valence electrons. The van der Waals surface area contributed by atoms with Gasteiger partial charge in [0.2, 0.25) is 5.91 Å². The Balaban J connectivity index is 1.78. The van der Waals surface area contributed by atoms with Crippen LogP contribution < -0.4 is 5.32 Å². The third-order valence-electron chi connectivity index (χ3n) is 4.70. The highest BCUT2D eigenvalue weighted by atomic mass is 16.2.